The van der Waals surface area contributed by atoms with Crippen LogP contribution < -0.4 is 5.32 Å². The second-order valence-electron chi connectivity index (χ2n) is 7.63. The molecule has 116 valence electrons. The molecule has 0 saturated heterocycles. The van der Waals surface area contributed by atoms with Gasteiger partial charge in [0.25, 0.3) is 0 Å². The zero-order valence-corrected chi connectivity index (χ0v) is 12.8. The molecule has 5 unspecified atom stereocenters. The first-order chi connectivity index (χ1) is 9.90. The van der Waals surface area contributed by atoms with Gasteiger partial charge >= 0.3 is 5.97 Å². The molecule has 4 heteroatoms. The summed E-state index contributed by atoms with van der Waals surface area (Å²) in [7, 11) is 0. The molecule has 0 aromatic carbocycles. The van der Waals surface area contributed by atoms with Crippen LogP contribution in [-0.2, 0) is 9.59 Å². The second-order valence-corrected chi connectivity index (χ2v) is 7.63. The Bertz CT molecular complexity index is 482. The summed E-state index contributed by atoms with van der Waals surface area (Å²) >= 11 is 0. The highest BCUT2D eigenvalue weighted by molar-refractivity contribution is 5.87. The van der Waals surface area contributed by atoms with Gasteiger partial charge in [0.15, 0.2) is 0 Å². The molecule has 21 heavy (non-hydrogen) atoms. The van der Waals surface area contributed by atoms with Gasteiger partial charge < -0.3 is 10.4 Å². The van der Waals surface area contributed by atoms with E-state index in [1.165, 1.54) is 6.42 Å². The zero-order valence-electron chi connectivity index (χ0n) is 12.8. The number of amides is 1. The number of carbonyl (C=O) groups is 2. The number of carboxylic acid groups (broad SMARTS) is 1. The van der Waals surface area contributed by atoms with Gasteiger partial charge in [-0.25, -0.2) is 0 Å². The Balaban J connectivity index is 1.73. The van der Waals surface area contributed by atoms with Crippen molar-refractivity contribution in [3.8, 4) is 0 Å². The number of fused-ring (bicyclic) bond motifs is 2. The van der Waals surface area contributed by atoms with Gasteiger partial charge in [-0.05, 0) is 36.5 Å². The first-order valence-electron chi connectivity index (χ1n) is 8.11. The van der Waals surface area contributed by atoms with Crippen LogP contribution in [0.5, 0.6) is 0 Å². The quantitative estimate of drug-likeness (QED) is 0.785. The average molecular weight is 291 g/mol. The van der Waals surface area contributed by atoms with Gasteiger partial charge in [-0.2, -0.15) is 0 Å². The molecule has 0 spiro atoms. The third-order valence-corrected chi connectivity index (χ3v) is 5.87. The predicted molar refractivity (Wildman–Crippen MR) is 79.5 cm³/mol. The van der Waals surface area contributed by atoms with Crippen LogP contribution in [0.3, 0.4) is 0 Å². The molecule has 2 bridgehead atoms. The van der Waals surface area contributed by atoms with Gasteiger partial charge in [0.1, 0.15) is 0 Å². The molecule has 0 aliphatic heterocycles. The SMILES string of the molecule is CC1(C)CCCCC1NC(=O)C1C2C=CC(C2)C1C(=O)O. The Morgan fingerprint density at radius 3 is 2.43 bits per heavy atom. The summed E-state index contributed by atoms with van der Waals surface area (Å²) < 4.78 is 0. The van der Waals surface area contributed by atoms with Crippen molar-refractivity contribution >= 4 is 11.9 Å². The van der Waals surface area contributed by atoms with Crippen LogP contribution in [0.25, 0.3) is 0 Å². The molecule has 2 fully saturated rings. The van der Waals surface area contributed by atoms with Crippen molar-refractivity contribution in [3.05, 3.63) is 12.2 Å². The minimum Gasteiger partial charge on any atom is -0.481 e. The lowest BCUT2D eigenvalue weighted by Crippen LogP contribution is -2.50. The molecule has 3 aliphatic rings. The van der Waals surface area contributed by atoms with Gasteiger partial charge in [-0.3, -0.25) is 9.59 Å². The van der Waals surface area contributed by atoms with Crippen LogP contribution >= 0.6 is 0 Å². The van der Waals surface area contributed by atoms with Crippen LogP contribution in [0.2, 0.25) is 0 Å². The van der Waals surface area contributed by atoms with Crippen LogP contribution in [0.4, 0.5) is 0 Å². The third kappa shape index (κ3) is 2.49. The van der Waals surface area contributed by atoms with E-state index in [1.807, 2.05) is 12.2 Å². The number of rotatable bonds is 3. The Hall–Kier alpha value is -1.32. The van der Waals surface area contributed by atoms with E-state index >= 15 is 0 Å². The maximum atomic E-state index is 12.7. The van der Waals surface area contributed by atoms with Gasteiger partial charge in [0.2, 0.25) is 5.91 Å². The number of hydrogen-bond acceptors (Lipinski definition) is 2. The van der Waals surface area contributed by atoms with Crippen LogP contribution in [0.1, 0.15) is 46.0 Å². The maximum Gasteiger partial charge on any atom is 0.307 e. The number of allylic oxidation sites excluding steroid dienone is 2. The average Bonchev–Trinajstić information content (AvgIpc) is 3.01. The summed E-state index contributed by atoms with van der Waals surface area (Å²) in [4.78, 5) is 24.2. The molecule has 0 aromatic rings. The molecule has 0 heterocycles. The molecular formula is C17H25NO3. The lowest BCUT2D eigenvalue weighted by atomic mass is 9.72. The Kier molecular flexibility index (Phi) is 3.58. The van der Waals surface area contributed by atoms with E-state index in [2.05, 4.69) is 19.2 Å². The second kappa shape index (κ2) is 5.15. The van der Waals surface area contributed by atoms with E-state index in [1.54, 1.807) is 0 Å². The largest absolute Gasteiger partial charge is 0.481 e. The minimum atomic E-state index is -0.824. The van der Waals surface area contributed by atoms with E-state index in [4.69, 9.17) is 0 Å². The molecule has 0 radical (unpaired) electrons. The number of carboxylic acids is 1. The van der Waals surface area contributed by atoms with Crippen molar-refractivity contribution in [2.24, 2.45) is 29.1 Å². The van der Waals surface area contributed by atoms with Gasteiger partial charge in [-0.15, -0.1) is 0 Å². The normalized spacial score (nSPS) is 40.2. The zero-order chi connectivity index (χ0) is 15.2. The molecule has 3 rings (SSSR count). The highest BCUT2D eigenvalue weighted by atomic mass is 16.4. The topological polar surface area (TPSA) is 66.4 Å². The van der Waals surface area contributed by atoms with Crippen LogP contribution in [0.15, 0.2) is 12.2 Å². The summed E-state index contributed by atoms with van der Waals surface area (Å²) in [6.45, 7) is 4.40. The number of hydrogen-bond donors (Lipinski definition) is 2. The van der Waals surface area contributed by atoms with Crippen LogP contribution in [0, 0.1) is 29.1 Å². The fraction of sp³-hybridized carbons (Fsp3) is 0.765. The molecule has 4 nitrogen and oxygen atoms in total. The fourth-order valence-electron chi connectivity index (χ4n) is 4.55. The predicted octanol–water partition coefficient (Wildman–Crippen LogP) is 2.59. The number of aliphatic carboxylic acids is 1. The van der Waals surface area contributed by atoms with Crippen molar-refractivity contribution in [2.45, 2.75) is 52.0 Å². The van der Waals surface area contributed by atoms with Gasteiger partial charge in [-0.1, -0.05) is 38.8 Å². The molecule has 1 amide bonds. The monoisotopic (exact) mass is 291 g/mol. The van der Waals surface area contributed by atoms with Gasteiger partial charge in [0.05, 0.1) is 11.8 Å². The van der Waals surface area contributed by atoms with Crippen molar-refractivity contribution in [2.75, 3.05) is 0 Å². The fourth-order valence-corrected chi connectivity index (χ4v) is 4.55. The standard InChI is InChI=1S/C17H25NO3/c1-17(2)8-4-3-5-12(17)18-15(19)13-10-6-7-11(9-10)14(13)16(20)21/h6-7,10-14H,3-5,8-9H2,1-2H3,(H,18,19)(H,20,21). The highest BCUT2D eigenvalue weighted by Crippen LogP contribution is 2.48. The summed E-state index contributed by atoms with van der Waals surface area (Å²) in [6.07, 6.45) is 9.34. The van der Waals surface area contributed by atoms with Crippen molar-refractivity contribution in [3.63, 3.8) is 0 Å². The Labute approximate surface area is 126 Å². The minimum absolute atomic E-state index is 0.0424. The summed E-state index contributed by atoms with van der Waals surface area (Å²) in [6, 6.07) is 0.177. The van der Waals surface area contributed by atoms with E-state index in [0.717, 1.165) is 25.7 Å². The van der Waals surface area contributed by atoms with Gasteiger partial charge in [0, 0.05) is 6.04 Å². The lowest BCUT2D eigenvalue weighted by Gasteiger charge is -2.40. The van der Waals surface area contributed by atoms with Crippen molar-refractivity contribution in [1.29, 1.82) is 0 Å². The van der Waals surface area contributed by atoms with E-state index < -0.39 is 11.9 Å². The Morgan fingerprint density at radius 1 is 1.14 bits per heavy atom. The maximum absolute atomic E-state index is 12.7. The molecule has 0 aromatic heterocycles. The number of nitrogens with one attached hydrogen (secondary N) is 1. The first kappa shape index (κ1) is 14.6. The molecule has 3 aliphatic carbocycles. The smallest absolute Gasteiger partial charge is 0.307 e. The first-order valence-corrected chi connectivity index (χ1v) is 8.11. The van der Waals surface area contributed by atoms with Crippen LogP contribution in [-0.4, -0.2) is 23.0 Å². The molecular weight excluding hydrogens is 266 g/mol. The summed E-state index contributed by atoms with van der Waals surface area (Å²) in [5, 5.41) is 12.6. The number of carbonyl (C=O) groups excluding carboxylic acids is 1. The van der Waals surface area contributed by atoms with E-state index in [9.17, 15) is 14.7 Å². The molecule has 2 saturated carbocycles. The summed E-state index contributed by atoms with van der Waals surface area (Å²) in [5.74, 6) is -1.62. The molecule has 5 atom stereocenters. The highest BCUT2D eigenvalue weighted by Gasteiger charge is 2.52. The molecule has 2 N–H and O–H groups in total. The van der Waals surface area contributed by atoms with Crippen molar-refractivity contribution < 1.29 is 14.7 Å². The van der Waals surface area contributed by atoms with E-state index in [-0.39, 0.29) is 35.1 Å². The lowest BCUT2D eigenvalue weighted by molar-refractivity contribution is -0.148. The Morgan fingerprint density at radius 2 is 1.81 bits per heavy atom. The van der Waals surface area contributed by atoms with Crippen molar-refractivity contribution in [1.82, 2.24) is 5.32 Å². The van der Waals surface area contributed by atoms with E-state index in [0.29, 0.717) is 0 Å². The summed E-state index contributed by atoms with van der Waals surface area (Å²) in [5.41, 5.74) is 0.111. The third-order valence-electron chi connectivity index (χ3n) is 5.87.